The summed E-state index contributed by atoms with van der Waals surface area (Å²) in [7, 11) is 0. The molecule has 0 bridgehead atoms. The van der Waals surface area contributed by atoms with Crippen LogP contribution in [0.1, 0.15) is 59.3 Å². The summed E-state index contributed by atoms with van der Waals surface area (Å²) >= 11 is 0. The molecule has 1 spiro atoms. The van der Waals surface area contributed by atoms with Gasteiger partial charge in [-0.25, -0.2) is 4.79 Å². The van der Waals surface area contributed by atoms with Crippen LogP contribution in [0, 0.1) is 0 Å². The molecule has 1 amide bonds. The van der Waals surface area contributed by atoms with Crippen molar-refractivity contribution in [1.29, 1.82) is 0 Å². The highest BCUT2D eigenvalue weighted by molar-refractivity contribution is 5.69. The summed E-state index contributed by atoms with van der Waals surface area (Å²) in [6.07, 6.45) is 6.71. The Bertz CT molecular complexity index is 317. The van der Waals surface area contributed by atoms with Crippen LogP contribution in [0.3, 0.4) is 0 Å². The molecule has 110 valence electrons. The second-order valence-electron chi connectivity index (χ2n) is 6.92. The van der Waals surface area contributed by atoms with Crippen LogP contribution in [0.15, 0.2) is 0 Å². The lowest BCUT2D eigenvalue weighted by atomic mass is 9.83. The van der Waals surface area contributed by atoms with Crippen molar-refractivity contribution in [3.8, 4) is 0 Å². The Balaban J connectivity index is 2.14. The average Bonchev–Trinajstić information content (AvgIpc) is 2.51. The van der Waals surface area contributed by atoms with Crippen molar-refractivity contribution in [2.24, 2.45) is 0 Å². The average molecular weight is 268 g/mol. The largest absolute Gasteiger partial charge is 0.444 e. The fraction of sp³-hybridized carbons (Fsp3) is 0.933. The van der Waals surface area contributed by atoms with Crippen LogP contribution in [-0.2, 0) is 4.74 Å². The minimum absolute atomic E-state index is 0.0457. The molecule has 1 N–H and O–H groups in total. The fourth-order valence-electron chi connectivity index (χ4n) is 3.29. The van der Waals surface area contributed by atoms with Gasteiger partial charge in [0, 0.05) is 12.1 Å². The molecule has 2 aliphatic heterocycles. The molecule has 0 aromatic heterocycles. The molecule has 2 heterocycles. The van der Waals surface area contributed by atoms with Gasteiger partial charge in [0.25, 0.3) is 0 Å². The smallest absolute Gasteiger partial charge is 0.410 e. The van der Waals surface area contributed by atoms with E-state index in [9.17, 15) is 4.79 Å². The quantitative estimate of drug-likeness (QED) is 0.734. The van der Waals surface area contributed by atoms with Gasteiger partial charge < -0.3 is 15.0 Å². The lowest BCUT2D eigenvalue weighted by molar-refractivity contribution is -0.0111. The third-order valence-electron chi connectivity index (χ3n) is 4.24. The number of hydrogen-bond acceptors (Lipinski definition) is 3. The molecule has 4 nitrogen and oxygen atoms in total. The van der Waals surface area contributed by atoms with E-state index < -0.39 is 5.60 Å². The van der Waals surface area contributed by atoms with Crippen molar-refractivity contribution in [3.63, 3.8) is 0 Å². The number of amides is 1. The minimum Gasteiger partial charge on any atom is -0.444 e. The van der Waals surface area contributed by atoms with E-state index in [2.05, 4.69) is 5.32 Å². The van der Waals surface area contributed by atoms with E-state index in [1.165, 1.54) is 12.8 Å². The summed E-state index contributed by atoms with van der Waals surface area (Å²) in [4.78, 5) is 14.6. The second kappa shape index (κ2) is 5.70. The van der Waals surface area contributed by atoms with Gasteiger partial charge in [-0.1, -0.05) is 12.8 Å². The second-order valence-corrected chi connectivity index (χ2v) is 6.92. The molecule has 2 fully saturated rings. The number of rotatable bonds is 0. The van der Waals surface area contributed by atoms with Crippen LogP contribution in [0.5, 0.6) is 0 Å². The molecule has 2 saturated heterocycles. The highest BCUT2D eigenvalue weighted by Crippen LogP contribution is 2.35. The van der Waals surface area contributed by atoms with Crippen molar-refractivity contribution < 1.29 is 9.53 Å². The molecule has 19 heavy (non-hydrogen) atoms. The van der Waals surface area contributed by atoms with E-state index in [0.717, 1.165) is 45.3 Å². The molecule has 0 aromatic carbocycles. The summed E-state index contributed by atoms with van der Waals surface area (Å²) in [5, 5.41) is 3.41. The number of ether oxygens (including phenoxy) is 1. The Hall–Kier alpha value is -0.770. The molecule has 0 saturated carbocycles. The highest BCUT2D eigenvalue weighted by Gasteiger charge is 2.42. The Morgan fingerprint density at radius 1 is 1.11 bits per heavy atom. The molecule has 0 unspecified atom stereocenters. The Morgan fingerprint density at radius 2 is 1.79 bits per heavy atom. The van der Waals surface area contributed by atoms with E-state index in [1.807, 2.05) is 25.7 Å². The van der Waals surface area contributed by atoms with Crippen molar-refractivity contribution in [1.82, 2.24) is 10.2 Å². The summed E-state index contributed by atoms with van der Waals surface area (Å²) in [5.41, 5.74) is -0.360. The normalized spacial score (nSPS) is 24.1. The first-order chi connectivity index (χ1) is 8.93. The van der Waals surface area contributed by atoms with E-state index >= 15 is 0 Å². The number of likely N-dealkylation sites (tertiary alicyclic amines) is 1. The Labute approximate surface area is 116 Å². The van der Waals surface area contributed by atoms with Crippen molar-refractivity contribution >= 4 is 6.09 Å². The first-order valence-electron chi connectivity index (χ1n) is 7.64. The van der Waals surface area contributed by atoms with Crippen molar-refractivity contribution in [2.75, 3.05) is 19.6 Å². The van der Waals surface area contributed by atoms with E-state index in [0.29, 0.717) is 0 Å². The van der Waals surface area contributed by atoms with Crippen LogP contribution < -0.4 is 5.32 Å². The summed E-state index contributed by atoms with van der Waals surface area (Å²) in [6.45, 7) is 8.71. The van der Waals surface area contributed by atoms with Gasteiger partial charge in [-0.05, 0) is 59.5 Å². The van der Waals surface area contributed by atoms with Gasteiger partial charge in [-0.3, -0.25) is 0 Å². The van der Waals surface area contributed by atoms with Crippen molar-refractivity contribution in [2.45, 2.75) is 70.4 Å². The lowest BCUT2D eigenvalue weighted by Crippen LogP contribution is -2.57. The summed E-state index contributed by atoms with van der Waals surface area (Å²) in [6, 6.07) is 0. The van der Waals surface area contributed by atoms with Gasteiger partial charge in [-0.2, -0.15) is 0 Å². The van der Waals surface area contributed by atoms with Crippen LogP contribution in [0.2, 0.25) is 0 Å². The monoisotopic (exact) mass is 268 g/mol. The number of nitrogens with one attached hydrogen (secondary N) is 1. The molecule has 0 atom stereocenters. The Kier molecular flexibility index (Phi) is 4.39. The van der Waals surface area contributed by atoms with Crippen LogP contribution in [0.25, 0.3) is 0 Å². The summed E-state index contributed by atoms with van der Waals surface area (Å²) < 4.78 is 5.63. The maximum atomic E-state index is 12.5. The fourth-order valence-corrected chi connectivity index (χ4v) is 3.29. The summed E-state index contributed by atoms with van der Waals surface area (Å²) in [5.74, 6) is 0. The zero-order valence-corrected chi connectivity index (χ0v) is 12.6. The lowest BCUT2D eigenvalue weighted by Gasteiger charge is -2.46. The van der Waals surface area contributed by atoms with Crippen LogP contribution in [0.4, 0.5) is 4.79 Å². The predicted octanol–water partition coefficient (Wildman–Crippen LogP) is 2.92. The molecule has 0 aromatic rings. The van der Waals surface area contributed by atoms with Gasteiger partial charge in [0.1, 0.15) is 5.60 Å². The molecule has 0 aliphatic carbocycles. The van der Waals surface area contributed by atoms with Crippen molar-refractivity contribution in [3.05, 3.63) is 0 Å². The topological polar surface area (TPSA) is 41.6 Å². The molecular weight excluding hydrogens is 240 g/mol. The van der Waals surface area contributed by atoms with Gasteiger partial charge in [0.15, 0.2) is 0 Å². The number of piperidine rings is 1. The zero-order chi connectivity index (χ0) is 13.9. The number of carbonyl (C=O) groups is 1. The highest BCUT2D eigenvalue weighted by atomic mass is 16.6. The minimum atomic E-state index is -0.405. The number of carbonyl (C=O) groups excluding carboxylic acids is 1. The predicted molar refractivity (Wildman–Crippen MR) is 76.2 cm³/mol. The van der Waals surface area contributed by atoms with E-state index in [1.54, 1.807) is 0 Å². The molecular formula is C15H28N2O2. The molecule has 4 heteroatoms. The van der Waals surface area contributed by atoms with E-state index in [-0.39, 0.29) is 11.6 Å². The SMILES string of the molecule is CC(C)(C)OC(=O)N1CCCCCC12CCNCC2. The van der Waals surface area contributed by atoms with E-state index in [4.69, 9.17) is 4.74 Å². The van der Waals surface area contributed by atoms with Crippen LogP contribution >= 0.6 is 0 Å². The zero-order valence-electron chi connectivity index (χ0n) is 12.6. The molecule has 2 rings (SSSR count). The maximum Gasteiger partial charge on any atom is 0.410 e. The number of nitrogens with zero attached hydrogens (tertiary/aromatic N) is 1. The Morgan fingerprint density at radius 3 is 2.42 bits per heavy atom. The first kappa shape index (κ1) is 14.6. The van der Waals surface area contributed by atoms with Gasteiger partial charge in [0.2, 0.25) is 0 Å². The molecule has 0 radical (unpaired) electrons. The van der Waals surface area contributed by atoms with Gasteiger partial charge in [0.05, 0.1) is 0 Å². The van der Waals surface area contributed by atoms with Gasteiger partial charge in [-0.15, -0.1) is 0 Å². The first-order valence-corrected chi connectivity index (χ1v) is 7.64. The number of hydrogen-bond donors (Lipinski definition) is 1. The third-order valence-corrected chi connectivity index (χ3v) is 4.24. The van der Waals surface area contributed by atoms with Crippen LogP contribution in [-0.4, -0.2) is 41.8 Å². The maximum absolute atomic E-state index is 12.5. The standard InChI is InChI=1S/C15H28N2O2/c1-14(2,3)19-13(18)17-12-6-4-5-7-15(17)8-10-16-11-9-15/h16H,4-12H2,1-3H3. The molecule has 2 aliphatic rings. The van der Waals surface area contributed by atoms with Gasteiger partial charge >= 0.3 is 6.09 Å². The third kappa shape index (κ3) is 3.62.